The van der Waals surface area contributed by atoms with E-state index in [9.17, 15) is 14.7 Å². The highest BCUT2D eigenvalue weighted by Crippen LogP contribution is 2.35. The molecule has 2 atom stereocenters. The predicted octanol–water partition coefficient (Wildman–Crippen LogP) is 1.84. The van der Waals surface area contributed by atoms with E-state index >= 15 is 0 Å². The minimum absolute atomic E-state index is 0.0626. The Morgan fingerprint density at radius 2 is 1.53 bits per heavy atom. The summed E-state index contributed by atoms with van der Waals surface area (Å²) in [4.78, 5) is 25.8. The average molecular weight is 257 g/mol. The molecule has 1 aromatic carbocycles. The summed E-state index contributed by atoms with van der Waals surface area (Å²) >= 11 is 0. The number of phenols is 1. The van der Waals surface area contributed by atoms with Crippen molar-refractivity contribution in [3.05, 3.63) is 42.0 Å². The van der Waals surface area contributed by atoms with Crippen LogP contribution in [0.15, 0.2) is 36.4 Å². The standard InChI is InChI=1S/C15H15NO3/c17-11-7-5-10(6-8-11)9-16-14(18)12-3-1-2-4-13(12)15(16)19/h1-2,5-8,12-13,17H,3-4,9H2. The summed E-state index contributed by atoms with van der Waals surface area (Å²) < 4.78 is 0. The Morgan fingerprint density at radius 1 is 1.00 bits per heavy atom. The number of nitrogens with zero attached hydrogens (tertiary/aromatic N) is 1. The lowest BCUT2D eigenvalue weighted by molar-refractivity contribution is -0.140. The third-order valence-corrected chi connectivity index (χ3v) is 3.88. The van der Waals surface area contributed by atoms with Gasteiger partial charge in [0.1, 0.15) is 5.75 Å². The zero-order valence-corrected chi connectivity index (χ0v) is 10.5. The number of aromatic hydroxyl groups is 1. The van der Waals surface area contributed by atoms with Gasteiger partial charge in [0.2, 0.25) is 11.8 Å². The minimum atomic E-state index is -0.172. The van der Waals surface area contributed by atoms with Gasteiger partial charge < -0.3 is 5.11 Å². The summed E-state index contributed by atoms with van der Waals surface area (Å²) in [5.74, 6) is -0.287. The molecule has 1 aliphatic carbocycles. The Kier molecular flexibility index (Phi) is 2.85. The number of benzene rings is 1. The fourth-order valence-corrected chi connectivity index (χ4v) is 2.81. The van der Waals surface area contributed by atoms with Gasteiger partial charge in [0, 0.05) is 0 Å². The normalized spacial score (nSPS) is 25.8. The summed E-state index contributed by atoms with van der Waals surface area (Å²) in [6.45, 7) is 0.297. The number of carbonyl (C=O) groups is 2. The van der Waals surface area contributed by atoms with Crippen molar-refractivity contribution in [1.29, 1.82) is 0 Å². The van der Waals surface area contributed by atoms with Gasteiger partial charge in [-0.3, -0.25) is 14.5 Å². The number of hydrogen-bond donors (Lipinski definition) is 1. The summed E-state index contributed by atoms with van der Waals surface area (Å²) in [6.07, 6.45) is 5.30. The highest BCUT2D eigenvalue weighted by Gasteiger charge is 2.46. The zero-order valence-electron chi connectivity index (χ0n) is 10.5. The number of allylic oxidation sites excluding steroid dienone is 2. The van der Waals surface area contributed by atoms with Gasteiger partial charge in [-0.25, -0.2) is 0 Å². The first-order valence-corrected chi connectivity index (χ1v) is 6.45. The third-order valence-electron chi connectivity index (χ3n) is 3.88. The minimum Gasteiger partial charge on any atom is -0.508 e. The van der Waals surface area contributed by atoms with E-state index in [1.54, 1.807) is 24.3 Å². The van der Waals surface area contributed by atoms with Crippen molar-refractivity contribution >= 4 is 11.8 Å². The lowest BCUT2D eigenvalue weighted by Crippen LogP contribution is -2.30. The molecule has 0 aromatic heterocycles. The molecule has 0 spiro atoms. The topological polar surface area (TPSA) is 57.6 Å². The first kappa shape index (κ1) is 12.0. The quantitative estimate of drug-likeness (QED) is 0.649. The molecule has 4 heteroatoms. The second kappa shape index (κ2) is 4.53. The number of amides is 2. The SMILES string of the molecule is O=C1C2CC=CCC2C(=O)N1Cc1ccc(O)cc1. The Labute approximate surface area is 111 Å². The maximum atomic E-state index is 12.2. The van der Waals surface area contributed by atoms with E-state index in [-0.39, 0.29) is 29.4 Å². The van der Waals surface area contributed by atoms with Crippen molar-refractivity contribution in [2.75, 3.05) is 0 Å². The number of imide groups is 1. The molecule has 0 saturated carbocycles. The maximum absolute atomic E-state index is 12.2. The molecule has 2 unspecified atom stereocenters. The van der Waals surface area contributed by atoms with Gasteiger partial charge in [-0.05, 0) is 30.5 Å². The summed E-state index contributed by atoms with van der Waals surface area (Å²) in [5, 5.41) is 9.23. The lowest BCUT2D eigenvalue weighted by Gasteiger charge is -2.14. The zero-order chi connectivity index (χ0) is 13.4. The second-order valence-corrected chi connectivity index (χ2v) is 5.08. The van der Waals surface area contributed by atoms with Crippen LogP contribution in [0.3, 0.4) is 0 Å². The van der Waals surface area contributed by atoms with Crippen LogP contribution in [0.5, 0.6) is 5.75 Å². The predicted molar refractivity (Wildman–Crippen MR) is 69.0 cm³/mol. The summed E-state index contributed by atoms with van der Waals surface area (Å²) in [7, 11) is 0. The van der Waals surface area contributed by atoms with Crippen molar-refractivity contribution in [2.24, 2.45) is 11.8 Å². The summed E-state index contributed by atoms with van der Waals surface area (Å²) in [6, 6.07) is 6.59. The van der Waals surface area contributed by atoms with Crippen LogP contribution in [0.4, 0.5) is 0 Å². The maximum Gasteiger partial charge on any atom is 0.233 e. The van der Waals surface area contributed by atoms with Crippen LogP contribution in [0.25, 0.3) is 0 Å². The number of phenolic OH excluding ortho intramolecular Hbond substituents is 1. The molecule has 2 aliphatic rings. The smallest absolute Gasteiger partial charge is 0.233 e. The number of fused-ring (bicyclic) bond motifs is 1. The fraction of sp³-hybridized carbons (Fsp3) is 0.333. The van der Waals surface area contributed by atoms with E-state index in [4.69, 9.17) is 0 Å². The first-order valence-electron chi connectivity index (χ1n) is 6.45. The van der Waals surface area contributed by atoms with E-state index in [0.29, 0.717) is 19.4 Å². The molecule has 3 rings (SSSR count). The van der Waals surface area contributed by atoms with Crippen LogP contribution in [-0.4, -0.2) is 21.8 Å². The van der Waals surface area contributed by atoms with Crippen LogP contribution < -0.4 is 0 Å². The third kappa shape index (κ3) is 2.03. The van der Waals surface area contributed by atoms with Gasteiger partial charge in [-0.2, -0.15) is 0 Å². The Morgan fingerprint density at radius 3 is 2.05 bits per heavy atom. The molecule has 0 bridgehead atoms. The first-order chi connectivity index (χ1) is 9.16. The van der Waals surface area contributed by atoms with E-state index in [2.05, 4.69) is 0 Å². The molecular formula is C15H15NO3. The van der Waals surface area contributed by atoms with Gasteiger partial charge in [0.15, 0.2) is 0 Å². The molecule has 1 aromatic rings. The molecule has 1 N–H and O–H groups in total. The second-order valence-electron chi connectivity index (χ2n) is 5.08. The molecule has 1 fully saturated rings. The Hall–Kier alpha value is -2.10. The largest absolute Gasteiger partial charge is 0.508 e. The van der Waals surface area contributed by atoms with E-state index in [1.807, 2.05) is 12.2 Å². The van der Waals surface area contributed by atoms with Gasteiger partial charge >= 0.3 is 0 Å². The van der Waals surface area contributed by atoms with E-state index in [0.717, 1.165) is 5.56 Å². The Balaban J connectivity index is 1.80. The lowest BCUT2D eigenvalue weighted by atomic mass is 9.85. The molecule has 1 saturated heterocycles. The monoisotopic (exact) mass is 257 g/mol. The van der Waals surface area contributed by atoms with E-state index in [1.165, 1.54) is 4.90 Å². The molecule has 19 heavy (non-hydrogen) atoms. The van der Waals surface area contributed by atoms with Crippen LogP contribution in [0.1, 0.15) is 18.4 Å². The highest BCUT2D eigenvalue weighted by atomic mass is 16.3. The van der Waals surface area contributed by atoms with Crippen molar-refractivity contribution in [3.63, 3.8) is 0 Å². The van der Waals surface area contributed by atoms with Gasteiger partial charge in [0.05, 0.1) is 18.4 Å². The van der Waals surface area contributed by atoms with Gasteiger partial charge in [0.25, 0.3) is 0 Å². The van der Waals surface area contributed by atoms with Crippen molar-refractivity contribution in [2.45, 2.75) is 19.4 Å². The highest BCUT2D eigenvalue weighted by molar-refractivity contribution is 6.05. The number of rotatable bonds is 2. The molecule has 0 radical (unpaired) electrons. The van der Waals surface area contributed by atoms with Crippen LogP contribution in [0.2, 0.25) is 0 Å². The summed E-state index contributed by atoms with van der Waals surface area (Å²) in [5.41, 5.74) is 0.853. The van der Waals surface area contributed by atoms with Crippen LogP contribution in [-0.2, 0) is 16.1 Å². The van der Waals surface area contributed by atoms with Crippen molar-refractivity contribution in [3.8, 4) is 5.75 Å². The number of likely N-dealkylation sites (tertiary alicyclic amines) is 1. The number of hydrogen-bond acceptors (Lipinski definition) is 3. The number of carbonyl (C=O) groups excluding carboxylic acids is 2. The molecular weight excluding hydrogens is 242 g/mol. The van der Waals surface area contributed by atoms with Crippen molar-refractivity contribution < 1.29 is 14.7 Å². The molecule has 4 nitrogen and oxygen atoms in total. The molecule has 2 amide bonds. The fourth-order valence-electron chi connectivity index (χ4n) is 2.81. The van der Waals surface area contributed by atoms with Crippen LogP contribution in [0, 0.1) is 11.8 Å². The molecule has 1 aliphatic heterocycles. The van der Waals surface area contributed by atoms with Crippen molar-refractivity contribution in [1.82, 2.24) is 4.90 Å². The van der Waals surface area contributed by atoms with E-state index < -0.39 is 0 Å². The van der Waals surface area contributed by atoms with Gasteiger partial charge in [-0.15, -0.1) is 0 Å². The molecule has 1 heterocycles. The van der Waals surface area contributed by atoms with Crippen LogP contribution >= 0.6 is 0 Å². The Bertz CT molecular complexity index is 521. The van der Waals surface area contributed by atoms with Gasteiger partial charge in [-0.1, -0.05) is 24.3 Å². The average Bonchev–Trinajstić information content (AvgIpc) is 2.67. The molecule has 98 valence electrons.